The number of H-pyrrole nitrogens is 1. The van der Waals surface area contributed by atoms with Crippen LogP contribution in [0.3, 0.4) is 0 Å². The van der Waals surface area contributed by atoms with Gasteiger partial charge in [0.25, 0.3) is 0 Å². The first-order valence-corrected chi connectivity index (χ1v) is 10.1. The lowest BCUT2D eigenvalue weighted by molar-refractivity contribution is -0.113. The average Bonchev–Trinajstić information content (AvgIpc) is 3.01. The predicted molar refractivity (Wildman–Crippen MR) is 116 cm³/mol. The number of benzene rings is 2. The number of carbonyl (C=O) groups excluding carboxylic acids is 1. The van der Waals surface area contributed by atoms with Gasteiger partial charge in [0.2, 0.25) is 5.91 Å². The van der Waals surface area contributed by atoms with Gasteiger partial charge < -0.3 is 10.3 Å². The highest BCUT2D eigenvalue weighted by atomic mass is 32.2. The smallest absolute Gasteiger partial charge is 0.234 e. The fourth-order valence-electron chi connectivity index (χ4n) is 3.58. The third-order valence-corrected chi connectivity index (χ3v) is 5.77. The minimum atomic E-state index is -0.0428. The zero-order valence-electron chi connectivity index (χ0n) is 16.4. The Bertz CT molecular complexity index is 1190. The number of aryl methyl sites for hydroxylation is 4. The number of hydrogen-bond donors (Lipinski definition) is 2. The molecule has 4 rings (SSSR count). The van der Waals surface area contributed by atoms with Gasteiger partial charge in [-0.25, -0.2) is 9.97 Å². The Morgan fingerprint density at radius 1 is 1.04 bits per heavy atom. The maximum atomic E-state index is 12.5. The van der Waals surface area contributed by atoms with E-state index in [0.29, 0.717) is 0 Å². The Kier molecular flexibility index (Phi) is 4.81. The van der Waals surface area contributed by atoms with Crippen LogP contribution in [0.25, 0.3) is 21.9 Å². The number of hydrogen-bond acceptors (Lipinski definition) is 4. The van der Waals surface area contributed by atoms with Gasteiger partial charge in [0.1, 0.15) is 16.9 Å². The Morgan fingerprint density at radius 2 is 1.79 bits per heavy atom. The second-order valence-electron chi connectivity index (χ2n) is 7.19. The van der Waals surface area contributed by atoms with E-state index >= 15 is 0 Å². The van der Waals surface area contributed by atoms with Gasteiger partial charge in [0, 0.05) is 16.6 Å². The average molecular weight is 391 g/mol. The zero-order chi connectivity index (χ0) is 19.8. The minimum Gasteiger partial charge on any atom is -0.351 e. The number of nitrogens with one attached hydrogen (secondary N) is 2. The van der Waals surface area contributed by atoms with Crippen LogP contribution in [-0.4, -0.2) is 26.6 Å². The van der Waals surface area contributed by atoms with E-state index in [4.69, 9.17) is 0 Å². The molecular formula is C22H22N4OS. The fourth-order valence-corrected chi connectivity index (χ4v) is 4.33. The molecule has 0 spiro atoms. The molecule has 0 saturated carbocycles. The fraction of sp³-hybridized carbons (Fsp3) is 0.227. The summed E-state index contributed by atoms with van der Waals surface area (Å²) < 4.78 is 0. The Morgan fingerprint density at radius 3 is 2.54 bits per heavy atom. The van der Waals surface area contributed by atoms with Crippen LogP contribution >= 0.6 is 11.8 Å². The maximum absolute atomic E-state index is 12.5. The second-order valence-corrected chi connectivity index (χ2v) is 8.15. The summed E-state index contributed by atoms with van der Waals surface area (Å²) in [4.78, 5) is 24.8. The molecule has 1 amide bonds. The van der Waals surface area contributed by atoms with Crippen LogP contribution < -0.4 is 5.32 Å². The lowest BCUT2D eigenvalue weighted by Crippen LogP contribution is -2.16. The number of thioether (sulfide) groups is 1. The molecular weight excluding hydrogens is 368 g/mol. The van der Waals surface area contributed by atoms with Crippen molar-refractivity contribution in [1.82, 2.24) is 15.0 Å². The predicted octanol–water partition coefficient (Wildman–Crippen LogP) is 5.08. The normalized spacial score (nSPS) is 11.3. The highest BCUT2D eigenvalue weighted by Crippen LogP contribution is 2.30. The topological polar surface area (TPSA) is 70.7 Å². The van der Waals surface area contributed by atoms with Crippen molar-refractivity contribution in [2.75, 3.05) is 11.1 Å². The van der Waals surface area contributed by atoms with Gasteiger partial charge in [-0.15, -0.1) is 0 Å². The van der Waals surface area contributed by atoms with E-state index in [1.54, 1.807) is 6.33 Å². The van der Waals surface area contributed by atoms with E-state index in [2.05, 4.69) is 64.4 Å². The maximum Gasteiger partial charge on any atom is 0.234 e. The van der Waals surface area contributed by atoms with Crippen LogP contribution in [0.15, 0.2) is 41.7 Å². The van der Waals surface area contributed by atoms with Crippen molar-refractivity contribution in [2.45, 2.75) is 32.7 Å². The van der Waals surface area contributed by atoms with Gasteiger partial charge in [-0.3, -0.25) is 4.79 Å². The number of nitrogens with zero attached hydrogens (tertiary/aromatic N) is 2. The summed E-state index contributed by atoms with van der Waals surface area (Å²) in [5, 5.41) is 4.91. The number of amides is 1. The van der Waals surface area contributed by atoms with Gasteiger partial charge in [-0.2, -0.15) is 0 Å². The molecule has 0 radical (unpaired) electrons. The lowest BCUT2D eigenvalue weighted by atomic mass is 10.1. The van der Waals surface area contributed by atoms with Crippen LogP contribution in [0, 0.1) is 27.7 Å². The highest BCUT2D eigenvalue weighted by Gasteiger charge is 2.14. The van der Waals surface area contributed by atoms with Crippen molar-refractivity contribution >= 4 is 45.3 Å². The first-order chi connectivity index (χ1) is 13.4. The van der Waals surface area contributed by atoms with E-state index in [9.17, 15) is 4.79 Å². The van der Waals surface area contributed by atoms with Crippen molar-refractivity contribution < 1.29 is 4.79 Å². The van der Waals surface area contributed by atoms with Gasteiger partial charge in [-0.05, 0) is 51.0 Å². The third kappa shape index (κ3) is 3.47. The number of aromatic nitrogens is 3. The third-order valence-electron chi connectivity index (χ3n) is 4.78. The minimum absolute atomic E-state index is 0.0428. The molecule has 4 aromatic rings. The second kappa shape index (κ2) is 7.28. The molecule has 0 saturated heterocycles. The molecule has 2 heterocycles. The van der Waals surface area contributed by atoms with Crippen LogP contribution in [0.5, 0.6) is 0 Å². The van der Waals surface area contributed by atoms with E-state index in [1.807, 2.05) is 13.8 Å². The molecule has 0 atom stereocenters. The number of fused-ring (bicyclic) bond motifs is 3. The monoisotopic (exact) mass is 390 g/mol. The number of anilines is 1. The van der Waals surface area contributed by atoms with E-state index in [0.717, 1.165) is 43.8 Å². The van der Waals surface area contributed by atoms with E-state index in [1.165, 1.54) is 22.9 Å². The molecule has 5 nitrogen and oxygen atoms in total. The molecule has 28 heavy (non-hydrogen) atoms. The highest BCUT2D eigenvalue weighted by molar-refractivity contribution is 8.00. The van der Waals surface area contributed by atoms with Crippen LogP contribution in [0.4, 0.5) is 5.69 Å². The van der Waals surface area contributed by atoms with Gasteiger partial charge >= 0.3 is 0 Å². The quantitative estimate of drug-likeness (QED) is 0.377. The lowest BCUT2D eigenvalue weighted by Gasteiger charge is -2.12. The summed E-state index contributed by atoms with van der Waals surface area (Å²) in [6.07, 6.45) is 1.56. The molecule has 0 aliphatic carbocycles. The van der Waals surface area contributed by atoms with Gasteiger partial charge in [0.15, 0.2) is 0 Å². The zero-order valence-corrected chi connectivity index (χ0v) is 17.2. The molecule has 2 aromatic carbocycles. The van der Waals surface area contributed by atoms with Crippen molar-refractivity contribution in [3.8, 4) is 0 Å². The Balaban J connectivity index is 1.56. The Hall–Kier alpha value is -2.86. The SMILES string of the molecule is Cc1cc(C)c(NC(=O)CSc2ncnc3c2[nH]c2ccc(C)cc23)c(C)c1. The summed E-state index contributed by atoms with van der Waals surface area (Å²) in [6.45, 7) is 8.16. The molecule has 0 bridgehead atoms. The standard InChI is InChI=1S/C22H22N4OS/c1-12-5-6-17-16(9-12)20-21(25-17)22(24-11-23-20)28-10-18(27)26-19-14(3)7-13(2)8-15(19)4/h5-9,11,25H,10H2,1-4H3,(H,26,27). The van der Waals surface area contributed by atoms with E-state index < -0.39 is 0 Å². The van der Waals surface area contributed by atoms with Gasteiger partial charge in [-0.1, -0.05) is 41.1 Å². The van der Waals surface area contributed by atoms with E-state index in [-0.39, 0.29) is 11.7 Å². The van der Waals surface area contributed by atoms with Crippen molar-refractivity contribution in [1.29, 1.82) is 0 Å². The summed E-state index contributed by atoms with van der Waals surface area (Å²) >= 11 is 1.42. The molecule has 0 aliphatic rings. The van der Waals surface area contributed by atoms with Crippen LogP contribution in [0.2, 0.25) is 0 Å². The van der Waals surface area contributed by atoms with Crippen molar-refractivity contribution in [2.24, 2.45) is 0 Å². The molecule has 0 fully saturated rings. The van der Waals surface area contributed by atoms with Crippen LogP contribution in [-0.2, 0) is 4.79 Å². The molecule has 0 unspecified atom stereocenters. The largest absolute Gasteiger partial charge is 0.351 e. The van der Waals surface area contributed by atoms with Crippen molar-refractivity contribution in [3.05, 3.63) is 58.9 Å². The summed E-state index contributed by atoms with van der Waals surface area (Å²) in [5.74, 6) is 0.242. The number of aromatic amines is 1. The summed E-state index contributed by atoms with van der Waals surface area (Å²) in [7, 11) is 0. The molecule has 2 aromatic heterocycles. The van der Waals surface area contributed by atoms with Gasteiger partial charge in [0.05, 0.1) is 11.3 Å². The first-order valence-electron chi connectivity index (χ1n) is 9.16. The molecule has 2 N–H and O–H groups in total. The summed E-state index contributed by atoms with van der Waals surface area (Å²) in [5.41, 5.74) is 8.22. The first kappa shape index (κ1) is 18.5. The molecule has 0 aliphatic heterocycles. The number of rotatable bonds is 4. The van der Waals surface area contributed by atoms with Crippen LogP contribution in [0.1, 0.15) is 22.3 Å². The number of carbonyl (C=O) groups is 1. The Labute approximate surface area is 168 Å². The molecule has 142 valence electrons. The van der Waals surface area contributed by atoms with Crippen molar-refractivity contribution in [3.63, 3.8) is 0 Å². The summed E-state index contributed by atoms with van der Waals surface area (Å²) in [6, 6.07) is 10.4. The molecule has 6 heteroatoms.